The first-order chi connectivity index (χ1) is 6.11. The second-order valence-electron chi connectivity index (χ2n) is 5.67. The van der Waals surface area contributed by atoms with E-state index in [-0.39, 0.29) is 11.3 Å². The van der Waals surface area contributed by atoms with Gasteiger partial charge in [0.25, 0.3) is 0 Å². The van der Waals surface area contributed by atoms with Crippen LogP contribution in [0.4, 0.5) is 0 Å². The average Bonchev–Trinajstić information content (AvgIpc) is 2.00. The summed E-state index contributed by atoms with van der Waals surface area (Å²) < 4.78 is 0. The normalized spacial score (nSPS) is 16.6. The quantitative estimate of drug-likeness (QED) is 0.682. The van der Waals surface area contributed by atoms with Crippen LogP contribution in [0, 0.1) is 11.3 Å². The Balaban J connectivity index is 4.68. The highest BCUT2D eigenvalue weighted by Crippen LogP contribution is 2.39. The van der Waals surface area contributed by atoms with Gasteiger partial charge in [0.05, 0.1) is 5.60 Å². The molecule has 0 rings (SSSR count). The Morgan fingerprint density at radius 3 is 1.93 bits per heavy atom. The molecule has 0 aliphatic carbocycles. The molecule has 0 bridgehead atoms. The molecule has 0 aromatic heterocycles. The van der Waals surface area contributed by atoms with Gasteiger partial charge < -0.3 is 5.11 Å². The van der Waals surface area contributed by atoms with Gasteiger partial charge in [-0.3, -0.25) is 0 Å². The highest BCUT2D eigenvalue weighted by atomic mass is 16.3. The molecule has 0 amide bonds. The molecule has 1 atom stereocenters. The molecule has 84 valence electrons. The molecule has 0 saturated carbocycles. The van der Waals surface area contributed by atoms with Crippen LogP contribution >= 0.6 is 0 Å². The zero-order valence-electron chi connectivity index (χ0n) is 10.8. The van der Waals surface area contributed by atoms with Crippen LogP contribution in [0.3, 0.4) is 0 Å². The summed E-state index contributed by atoms with van der Waals surface area (Å²) in [5, 5.41) is 10.4. The summed E-state index contributed by atoms with van der Waals surface area (Å²) in [4.78, 5) is 0. The SMILES string of the molecule is CC(C)=CCC(C)(C)C(C)(O)C(C)C. The van der Waals surface area contributed by atoms with Crippen LogP contribution in [0.2, 0.25) is 0 Å². The van der Waals surface area contributed by atoms with E-state index in [0.29, 0.717) is 0 Å². The van der Waals surface area contributed by atoms with E-state index in [1.54, 1.807) is 0 Å². The average molecular weight is 198 g/mol. The summed E-state index contributed by atoms with van der Waals surface area (Å²) in [6.45, 7) is 14.5. The predicted molar refractivity (Wildman–Crippen MR) is 63.3 cm³/mol. The van der Waals surface area contributed by atoms with Crippen LogP contribution < -0.4 is 0 Å². The van der Waals surface area contributed by atoms with Crippen LogP contribution in [0.15, 0.2) is 11.6 Å². The van der Waals surface area contributed by atoms with Gasteiger partial charge >= 0.3 is 0 Å². The maximum atomic E-state index is 10.4. The lowest BCUT2D eigenvalue weighted by Crippen LogP contribution is -2.46. The standard InChI is InChI=1S/C13H26O/c1-10(2)8-9-12(5,6)13(7,14)11(3)4/h8,11,14H,9H2,1-7H3. The van der Waals surface area contributed by atoms with Gasteiger partial charge in [-0.15, -0.1) is 0 Å². The molecule has 0 aromatic carbocycles. The Hall–Kier alpha value is -0.300. The monoisotopic (exact) mass is 198 g/mol. The molecular weight excluding hydrogens is 172 g/mol. The molecule has 0 radical (unpaired) electrons. The van der Waals surface area contributed by atoms with E-state index < -0.39 is 5.60 Å². The zero-order valence-corrected chi connectivity index (χ0v) is 10.8. The maximum absolute atomic E-state index is 10.4. The Morgan fingerprint density at radius 2 is 1.64 bits per heavy atom. The zero-order chi connectivity index (χ0) is 11.6. The summed E-state index contributed by atoms with van der Waals surface area (Å²) in [7, 11) is 0. The molecule has 0 heterocycles. The molecule has 1 N–H and O–H groups in total. The van der Waals surface area contributed by atoms with E-state index in [9.17, 15) is 5.11 Å². The number of allylic oxidation sites excluding steroid dienone is 2. The Bertz CT molecular complexity index is 205. The third kappa shape index (κ3) is 3.13. The van der Waals surface area contributed by atoms with E-state index in [0.717, 1.165) is 6.42 Å². The van der Waals surface area contributed by atoms with Gasteiger partial charge in [0, 0.05) is 0 Å². The lowest BCUT2D eigenvalue weighted by atomic mass is 9.68. The topological polar surface area (TPSA) is 20.2 Å². The highest BCUT2D eigenvalue weighted by molar-refractivity contribution is 5.01. The first kappa shape index (κ1) is 13.7. The van der Waals surface area contributed by atoms with Gasteiger partial charge in [-0.2, -0.15) is 0 Å². The fourth-order valence-corrected chi connectivity index (χ4v) is 1.45. The largest absolute Gasteiger partial charge is 0.389 e. The van der Waals surface area contributed by atoms with Gasteiger partial charge in [0.15, 0.2) is 0 Å². The summed E-state index contributed by atoms with van der Waals surface area (Å²) in [6, 6.07) is 0. The van der Waals surface area contributed by atoms with E-state index in [2.05, 4.69) is 47.6 Å². The molecule has 1 nitrogen and oxygen atoms in total. The third-order valence-electron chi connectivity index (χ3n) is 3.52. The first-order valence-electron chi connectivity index (χ1n) is 5.47. The number of hydrogen-bond acceptors (Lipinski definition) is 1. The van der Waals surface area contributed by atoms with Gasteiger partial charge in [-0.1, -0.05) is 39.3 Å². The predicted octanol–water partition coefficient (Wildman–Crippen LogP) is 3.78. The molecule has 0 aliphatic heterocycles. The van der Waals surface area contributed by atoms with Crippen molar-refractivity contribution in [2.75, 3.05) is 0 Å². The fourth-order valence-electron chi connectivity index (χ4n) is 1.45. The van der Waals surface area contributed by atoms with Crippen molar-refractivity contribution in [3.63, 3.8) is 0 Å². The Morgan fingerprint density at radius 1 is 1.21 bits per heavy atom. The lowest BCUT2D eigenvalue weighted by molar-refractivity contribution is -0.0858. The van der Waals surface area contributed by atoms with Crippen LogP contribution in [0.5, 0.6) is 0 Å². The maximum Gasteiger partial charge on any atom is 0.0696 e. The van der Waals surface area contributed by atoms with Gasteiger partial charge in [-0.05, 0) is 38.5 Å². The van der Waals surface area contributed by atoms with Gasteiger partial charge in [-0.25, -0.2) is 0 Å². The second-order valence-corrected chi connectivity index (χ2v) is 5.67. The van der Waals surface area contributed by atoms with Crippen LogP contribution in [-0.2, 0) is 0 Å². The van der Waals surface area contributed by atoms with Crippen molar-refractivity contribution in [1.29, 1.82) is 0 Å². The number of aliphatic hydroxyl groups is 1. The van der Waals surface area contributed by atoms with Crippen molar-refractivity contribution in [3.05, 3.63) is 11.6 Å². The van der Waals surface area contributed by atoms with Crippen LogP contribution in [0.1, 0.15) is 54.9 Å². The molecule has 0 aromatic rings. The minimum Gasteiger partial charge on any atom is -0.389 e. The Labute approximate surface area is 89.2 Å². The number of rotatable bonds is 4. The fraction of sp³-hybridized carbons (Fsp3) is 0.846. The molecule has 1 unspecified atom stereocenters. The first-order valence-corrected chi connectivity index (χ1v) is 5.47. The lowest BCUT2D eigenvalue weighted by Gasteiger charge is -2.43. The Kier molecular flexibility index (Phi) is 4.38. The van der Waals surface area contributed by atoms with Crippen molar-refractivity contribution in [2.45, 2.75) is 60.5 Å². The van der Waals surface area contributed by atoms with Crippen molar-refractivity contribution in [1.82, 2.24) is 0 Å². The van der Waals surface area contributed by atoms with Gasteiger partial charge in [0.2, 0.25) is 0 Å². The summed E-state index contributed by atoms with van der Waals surface area (Å²) >= 11 is 0. The smallest absolute Gasteiger partial charge is 0.0696 e. The molecule has 0 aliphatic rings. The van der Waals surface area contributed by atoms with Gasteiger partial charge in [0.1, 0.15) is 0 Å². The molecular formula is C13H26O. The molecule has 0 fully saturated rings. The van der Waals surface area contributed by atoms with E-state index in [1.807, 2.05) is 6.92 Å². The summed E-state index contributed by atoms with van der Waals surface area (Å²) in [5.74, 6) is 0.281. The highest BCUT2D eigenvalue weighted by Gasteiger charge is 2.40. The molecule has 1 heteroatoms. The molecule has 0 spiro atoms. The van der Waals surface area contributed by atoms with E-state index in [1.165, 1.54) is 5.57 Å². The van der Waals surface area contributed by atoms with E-state index in [4.69, 9.17) is 0 Å². The number of hydrogen-bond donors (Lipinski definition) is 1. The minimum absolute atomic E-state index is 0.0710. The van der Waals surface area contributed by atoms with Crippen molar-refractivity contribution in [2.24, 2.45) is 11.3 Å². The molecule has 14 heavy (non-hydrogen) atoms. The van der Waals surface area contributed by atoms with Crippen molar-refractivity contribution < 1.29 is 5.11 Å². The van der Waals surface area contributed by atoms with E-state index >= 15 is 0 Å². The molecule has 0 saturated heterocycles. The third-order valence-corrected chi connectivity index (χ3v) is 3.52. The van der Waals surface area contributed by atoms with Crippen LogP contribution in [-0.4, -0.2) is 10.7 Å². The van der Waals surface area contributed by atoms with Crippen molar-refractivity contribution >= 4 is 0 Å². The second kappa shape index (κ2) is 4.48. The summed E-state index contributed by atoms with van der Waals surface area (Å²) in [6.07, 6.45) is 3.14. The summed E-state index contributed by atoms with van der Waals surface area (Å²) in [5.41, 5.74) is 0.634. The van der Waals surface area contributed by atoms with Crippen molar-refractivity contribution in [3.8, 4) is 0 Å². The minimum atomic E-state index is -0.612. The van der Waals surface area contributed by atoms with Crippen LogP contribution in [0.25, 0.3) is 0 Å².